The van der Waals surface area contributed by atoms with Gasteiger partial charge in [-0.2, -0.15) is 0 Å². The van der Waals surface area contributed by atoms with Crippen LogP contribution in [0.4, 0.5) is 17.2 Å². The lowest BCUT2D eigenvalue weighted by Gasteiger charge is -2.11. The molecule has 3 aromatic carbocycles. The number of methoxy groups -OCH3 is 1. The standard InChI is InChI=1S/C24H18N4O4/c1-32-24(31)18-12-7-13-25-22(18)28-27-20-17-11-6-5-8-15(17)14-19(21(20)29)23(30)26-16-9-3-2-4-10-16/h2-14,29H,1H3,(H,26,30)/b28-27+. The van der Waals surface area contributed by atoms with Crippen molar-refractivity contribution in [1.82, 2.24) is 4.98 Å². The summed E-state index contributed by atoms with van der Waals surface area (Å²) < 4.78 is 4.75. The van der Waals surface area contributed by atoms with Crippen molar-refractivity contribution in [3.63, 3.8) is 0 Å². The number of amides is 1. The Kier molecular flexibility index (Phi) is 5.85. The first-order valence-electron chi connectivity index (χ1n) is 9.64. The average molecular weight is 426 g/mol. The van der Waals surface area contributed by atoms with Gasteiger partial charge in [-0.15, -0.1) is 10.2 Å². The smallest absolute Gasteiger partial charge is 0.341 e. The first-order chi connectivity index (χ1) is 15.6. The van der Waals surface area contributed by atoms with Crippen molar-refractivity contribution in [2.24, 2.45) is 10.2 Å². The summed E-state index contributed by atoms with van der Waals surface area (Å²) in [6, 6.07) is 20.7. The molecule has 0 bridgehead atoms. The van der Waals surface area contributed by atoms with Crippen LogP contribution in [0.1, 0.15) is 20.7 Å². The van der Waals surface area contributed by atoms with Gasteiger partial charge >= 0.3 is 5.97 Å². The monoisotopic (exact) mass is 426 g/mol. The second-order valence-electron chi connectivity index (χ2n) is 6.73. The van der Waals surface area contributed by atoms with Gasteiger partial charge in [-0.1, -0.05) is 42.5 Å². The molecule has 4 rings (SSSR count). The van der Waals surface area contributed by atoms with E-state index in [0.29, 0.717) is 16.5 Å². The number of benzene rings is 3. The maximum atomic E-state index is 12.9. The number of nitrogens with one attached hydrogen (secondary N) is 1. The number of pyridine rings is 1. The van der Waals surface area contributed by atoms with Gasteiger partial charge in [-0.05, 0) is 35.7 Å². The maximum absolute atomic E-state index is 12.9. The average Bonchev–Trinajstić information content (AvgIpc) is 2.83. The quantitative estimate of drug-likeness (QED) is 0.328. The van der Waals surface area contributed by atoms with Crippen LogP contribution in [-0.2, 0) is 4.74 Å². The Morgan fingerprint density at radius 1 is 0.938 bits per heavy atom. The summed E-state index contributed by atoms with van der Waals surface area (Å²) in [5.41, 5.74) is 0.837. The fourth-order valence-electron chi connectivity index (χ4n) is 3.16. The zero-order valence-corrected chi connectivity index (χ0v) is 17.0. The number of esters is 1. The zero-order chi connectivity index (χ0) is 22.5. The molecule has 0 saturated heterocycles. The van der Waals surface area contributed by atoms with E-state index in [9.17, 15) is 14.7 Å². The number of rotatable bonds is 5. The van der Waals surface area contributed by atoms with E-state index in [4.69, 9.17) is 4.74 Å². The summed E-state index contributed by atoms with van der Waals surface area (Å²) in [5, 5.41) is 23.2. The third-order valence-electron chi connectivity index (χ3n) is 4.71. The van der Waals surface area contributed by atoms with Gasteiger partial charge in [0.25, 0.3) is 5.91 Å². The minimum absolute atomic E-state index is 0.0296. The van der Waals surface area contributed by atoms with Crippen LogP contribution in [0, 0.1) is 0 Å². The summed E-state index contributed by atoms with van der Waals surface area (Å²) in [6.07, 6.45) is 1.46. The van der Waals surface area contributed by atoms with Gasteiger partial charge in [-0.3, -0.25) is 4.79 Å². The Labute approximate surface area is 183 Å². The fraction of sp³-hybridized carbons (Fsp3) is 0.0417. The van der Waals surface area contributed by atoms with Gasteiger partial charge in [0.15, 0.2) is 11.6 Å². The van der Waals surface area contributed by atoms with E-state index in [2.05, 4.69) is 20.5 Å². The van der Waals surface area contributed by atoms with Gasteiger partial charge in [-0.25, -0.2) is 9.78 Å². The number of carbonyl (C=O) groups is 2. The van der Waals surface area contributed by atoms with Crippen molar-refractivity contribution in [1.29, 1.82) is 0 Å². The van der Waals surface area contributed by atoms with Crippen LogP contribution in [0.5, 0.6) is 5.75 Å². The van der Waals surface area contributed by atoms with Gasteiger partial charge in [0.2, 0.25) is 0 Å². The molecule has 1 amide bonds. The summed E-state index contributed by atoms with van der Waals surface area (Å²) in [7, 11) is 1.25. The number of phenols is 1. The SMILES string of the molecule is COC(=O)c1cccnc1/N=N/c1c(O)c(C(=O)Nc2ccccc2)cc2ccccc12. The molecule has 0 radical (unpaired) electrons. The van der Waals surface area contributed by atoms with E-state index in [1.165, 1.54) is 19.4 Å². The van der Waals surface area contributed by atoms with E-state index in [1.807, 2.05) is 12.1 Å². The second kappa shape index (κ2) is 9.05. The highest BCUT2D eigenvalue weighted by molar-refractivity contribution is 6.11. The molecule has 0 atom stereocenters. The van der Waals surface area contributed by atoms with Gasteiger partial charge in [0.1, 0.15) is 11.3 Å². The molecule has 8 nitrogen and oxygen atoms in total. The van der Waals surface area contributed by atoms with Crippen molar-refractivity contribution in [3.05, 3.63) is 90.1 Å². The van der Waals surface area contributed by atoms with Crippen LogP contribution in [0.15, 0.2) is 89.2 Å². The summed E-state index contributed by atoms with van der Waals surface area (Å²) in [4.78, 5) is 28.9. The Bertz CT molecular complexity index is 1340. The third kappa shape index (κ3) is 4.15. The predicted molar refractivity (Wildman–Crippen MR) is 120 cm³/mol. The molecule has 0 saturated carbocycles. The lowest BCUT2D eigenvalue weighted by molar-refractivity contribution is 0.0601. The number of ether oxygens (including phenoxy) is 1. The van der Waals surface area contributed by atoms with Crippen LogP contribution in [-0.4, -0.2) is 29.1 Å². The minimum atomic E-state index is -0.614. The van der Waals surface area contributed by atoms with Crippen molar-refractivity contribution < 1.29 is 19.4 Å². The third-order valence-corrected chi connectivity index (χ3v) is 4.71. The lowest BCUT2D eigenvalue weighted by atomic mass is 10.0. The maximum Gasteiger partial charge on any atom is 0.341 e. The largest absolute Gasteiger partial charge is 0.505 e. The Morgan fingerprint density at radius 2 is 1.69 bits per heavy atom. The van der Waals surface area contributed by atoms with Gasteiger partial charge in [0.05, 0.1) is 12.7 Å². The van der Waals surface area contributed by atoms with E-state index in [0.717, 1.165) is 0 Å². The van der Waals surface area contributed by atoms with Crippen molar-refractivity contribution in [2.45, 2.75) is 0 Å². The second-order valence-corrected chi connectivity index (χ2v) is 6.73. The molecular weight excluding hydrogens is 408 g/mol. The number of anilines is 1. The van der Waals surface area contributed by atoms with E-state index in [1.54, 1.807) is 54.6 Å². The van der Waals surface area contributed by atoms with Crippen LogP contribution in [0.2, 0.25) is 0 Å². The molecule has 32 heavy (non-hydrogen) atoms. The first-order valence-corrected chi connectivity index (χ1v) is 9.64. The molecule has 0 fully saturated rings. The number of phenolic OH excluding ortho intramolecular Hbond substituents is 1. The fourth-order valence-corrected chi connectivity index (χ4v) is 3.16. The van der Waals surface area contributed by atoms with Crippen LogP contribution in [0.25, 0.3) is 10.8 Å². The summed E-state index contributed by atoms with van der Waals surface area (Å²) in [6.45, 7) is 0. The van der Waals surface area contributed by atoms with Gasteiger partial charge < -0.3 is 15.2 Å². The Hall–Kier alpha value is -4.59. The van der Waals surface area contributed by atoms with Crippen LogP contribution in [0.3, 0.4) is 0 Å². The molecule has 0 aliphatic rings. The Balaban J connectivity index is 1.80. The number of para-hydroxylation sites is 1. The molecule has 8 heteroatoms. The number of hydrogen-bond donors (Lipinski definition) is 2. The highest BCUT2D eigenvalue weighted by Gasteiger charge is 2.19. The number of azo groups is 1. The summed E-state index contributed by atoms with van der Waals surface area (Å²) in [5.74, 6) is -1.42. The zero-order valence-electron chi connectivity index (χ0n) is 17.0. The number of hydrogen-bond acceptors (Lipinski definition) is 7. The molecule has 4 aromatic rings. The van der Waals surface area contributed by atoms with E-state index >= 15 is 0 Å². The van der Waals surface area contributed by atoms with E-state index < -0.39 is 11.9 Å². The highest BCUT2D eigenvalue weighted by Crippen LogP contribution is 2.39. The van der Waals surface area contributed by atoms with Crippen molar-refractivity contribution in [3.8, 4) is 5.75 Å². The first kappa shape index (κ1) is 20.7. The van der Waals surface area contributed by atoms with Crippen LogP contribution >= 0.6 is 0 Å². The normalized spacial score (nSPS) is 10.9. The predicted octanol–water partition coefficient (Wildman–Crippen LogP) is 5.39. The lowest BCUT2D eigenvalue weighted by Crippen LogP contribution is -2.12. The Morgan fingerprint density at radius 3 is 2.47 bits per heavy atom. The molecule has 158 valence electrons. The number of nitrogens with zero attached hydrogens (tertiary/aromatic N) is 3. The highest BCUT2D eigenvalue weighted by atomic mass is 16.5. The molecule has 0 aliphatic heterocycles. The molecule has 1 aromatic heterocycles. The number of aromatic nitrogens is 1. The number of carbonyl (C=O) groups excluding carboxylic acids is 2. The number of fused-ring (bicyclic) bond motifs is 1. The minimum Gasteiger partial charge on any atom is -0.505 e. The van der Waals surface area contributed by atoms with E-state index in [-0.39, 0.29) is 28.4 Å². The van der Waals surface area contributed by atoms with Crippen molar-refractivity contribution in [2.75, 3.05) is 12.4 Å². The van der Waals surface area contributed by atoms with Gasteiger partial charge in [0, 0.05) is 17.3 Å². The van der Waals surface area contributed by atoms with Crippen LogP contribution < -0.4 is 5.32 Å². The van der Waals surface area contributed by atoms with Crippen molar-refractivity contribution >= 4 is 39.8 Å². The number of aromatic hydroxyl groups is 1. The molecular formula is C24H18N4O4. The summed E-state index contributed by atoms with van der Waals surface area (Å²) >= 11 is 0. The molecule has 2 N–H and O–H groups in total. The molecule has 0 spiro atoms. The topological polar surface area (TPSA) is 113 Å². The molecule has 0 unspecified atom stereocenters. The molecule has 1 heterocycles. The molecule has 0 aliphatic carbocycles.